The molecule has 0 amide bonds. The first kappa shape index (κ1) is 26.6. The van der Waals surface area contributed by atoms with Crippen LogP contribution in [0.3, 0.4) is 0 Å². The Morgan fingerprint density at radius 1 is 0.838 bits per heavy atom. The van der Waals surface area contributed by atoms with Crippen LogP contribution in [0, 0.1) is 0 Å². The number of ether oxygens (including phenoxy) is 4. The fourth-order valence-corrected chi connectivity index (χ4v) is 4.59. The van der Waals surface area contributed by atoms with E-state index in [1.165, 1.54) is 17.7 Å². The lowest BCUT2D eigenvalue weighted by Gasteiger charge is -2.19. The predicted octanol–water partition coefficient (Wildman–Crippen LogP) is 2.98. The van der Waals surface area contributed by atoms with Crippen LogP contribution in [0.2, 0.25) is 0 Å². The molecule has 1 aliphatic rings. The average Bonchev–Trinajstić information content (AvgIpc) is 2.89. The molecule has 0 saturated carbocycles. The number of benzene rings is 3. The quantitative estimate of drug-likeness (QED) is 0.331. The third-order valence-electron chi connectivity index (χ3n) is 6.47. The lowest BCUT2D eigenvalue weighted by Crippen LogP contribution is -3.00. The molecule has 3 aromatic carbocycles. The van der Waals surface area contributed by atoms with Gasteiger partial charge in [0.2, 0.25) is 5.69 Å². The van der Waals surface area contributed by atoms with Gasteiger partial charge in [0, 0.05) is 12.5 Å². The molecule has 194 valence electrons. The molecule has 0 saturated heterocycles. The number of fused-ring (bicyclic) bond motifs is 4. The van der Waals surface area contributed by atoms with E-state index in [0.29, 0.717) is 28.6 Å². The van der Waals surface area contributed by atoms with Crippen LogP contribution in [-0.4, -0.2) is 21.3 Å². The molecule has 2 heterocycles. The minimum atomic E-state index is -4.37. The van der Waals surface area contributed by atoms with Crippen LogP contribution in [0.15, 0.2) is 60.8 Å². The number of aryl methyl sites for hydroxylation is 2. The summed E-state index contributed by atoms with van der Waals surface area (Å²) in [6.45, 7) is 0.874. The van der Waals surface area contributed by atoms with Crippen molar-refractivity contribution in [3.05, 3.63) is 77.5 Å². The highest BCUT2D eigenvalue weighted by Crippen LogP contribution is 2.40. The molecule has 0 fully saturated rings. The molecule has 0 radical (unpaired) electrons. The van der Waals surface area contributed by atoms with Crippen molar-refractivity contribution in [2.45, 2.75) is 25.7 Å². The number of halogens is 4. The molecule has 0 bridgehead atoms. The fraction of sp³-hybridized carbons (Fsp3) is 0.250. The standard InChI is InChI=1S/C28H25F3NO4.BrH/c1-33-24-9-6-18-12-23-21-14-26(35-3)25(34-2)13-19(21)10-11-32(23)15-22(18)27(24)36-16-17-4-7-20(8-5-17)28(29,30)31;/h4-9,12-15H,10-11,16H2,1-3H3;1H/q+1;/p-1. The Kier molecular flexibility index (Phi) is 7.54. The summed E-state index contributed by atoms with van der Waals surface area (Å²) in [5, 5.41) is 1.81. The van der Waals surface area contributed by atoms with Crippen molar-refractivity contribution in [3.63, 3.8) is 0 Å². The highest BCUT2D eigenvalue weighted by atomic mass is 79.9. The van der Waals surface area contributed by atoms with Gasteiger partial charge in [0.1, 0.15) is 6.61 Å². The van der Waals surface area contributed by atoms with Crippen LogP contribution in [-0.2, 0) is 25.7 Å². The van der Waals surface area contributed by atoms with Crippen LogP contribution in [0.25, 0.3) is 22.0 Å². The van der Waals surface area contributed by atoms with Crippen molar-refractivity contribution in [1.29, 1.82) is 0 Å². The smallest absolute Gasteiger partial charge is 0.416 e. The Hall–Kier alpha value is -3.46. The number of methoxy groups -OCH3 is 3. The van der Waals surface area contributed by atoms with Gasteiger partial charge in [-0.1, -0.05) is 12.1 Å². The first-order valence-electron chi connectivity index (χ1n) is 11.4. The first-order valence-corrected chi connectivity index (χ1v) is 11.4. The van der Waals surface area contributed by atoms with E-state index in [2.05, 4.69) is 10.6 Å². The van der Waals surface area contributed by atoms with Crippen molar-refractivity contribution in [2.75, 3.05) is 21.3 Å². The second-order valence-electron chi connectivity index (χ2n) is 8.55. The number of aromatic nitrogens is 1. The van der Waals surface area contributed by atoms with Gasteiger partial charge in [-0.25, -0.2) is 0 Å². The summed E-state index contributed by atoms with van der Waals surface area (Å²) in [4.78, 5) is 0. The number of hydrogen-bond acceptors (Lipinski definition) is 4. The van der Waals surface area contributed by atoms with Gasteiger partial charge in [0.25, 0.3) is 0 Å². The molecule has 1 aromatic heterocycles. The van der Waals surface area contributed by atoms with E-state index in [4.69, 9.17) is 18.9 Å². The summed E-state index contributed by atoms with van der Waals surface area (Å²) in [7, 11) is 4.81. The normalized spacial score (nSPS) is 12.3. The van der Waals surface area contributed by atoms with E-state index in [0.717, 1.165) is 47.1 Å². The highest BCUT2D eigenvalue weighted by Gasteiger charge is 2.30. The minimum absolute atomic E-state index is 0. The maximum Gasteiger partial charge on any atom is 0.416 e. The summed E-state index contributed by atoms with van der Waals surface area (Å²) < 4.78 is 63.5. The van der Waals surface area contributed by atoms with E-state index in [1.54, 1.807) is 21.3 Å². The van der Waals surface area contributed by atoms with Crippen molar-refractivity contribution in [3.8, 4) is 34.3 Å². The Morgan fingerprint density at radius 2 is 1.51 bits per heavy atom. The number of rotatable bonds is 6. The third kappa shape index (κ3) is 5.05. The largest absolute Gasteiger partial charge is 1.00 e. The average molecular weight is 576 g/mol. The van der Waals surface area contributed by atoms with E-state index < -0.39 is 11.7 Å². The molecule has 5 nitrogen and oxygen atoms in total. The van der Waals surface area contributed by atoms with Gasteiger partial charge >= 0.3 is 6.18 Å². The van der Waals surface area contributed by atoms with Gasteiger partial charge in [0.05, 0.1) is 37.8 Å². The van der Waals surface area contributed by atoms with Crippen molar-refractivity contribution in [1.82, 2.24) is 0 Å². The molecule has 0 aliphatic carbocycles. The molecule has 0 spiro atoms. The van der Waals surface area contributed by atoms with E-state index >= 15 is 0 Å². The number of alkyl halides is 3. The molecular formula is C28H25BrF3NO4. The summed E-state index contributed by atoms with van der Waals surface area (Å²) in [5.41, 5.74) is 3.24. The summed E-state index contributed by atoms with van der Waals surface area (Å²) >= 11 is 0. The summed E-state index contributed by atoms with van der Waals surface area (Å²) in [6.07, 6.45) is -1.51. The van der Waals surface area contributed by atoms with Gasteiger partial charge < -0.3 is 35.9 Å². The minimum Gasteiger partial charge on any atom is -1.00 e. The second kappa shape index (κ2) is 10.5. The molecule has 9 heteroatoms. The summed E-state index contributed by atoms with van der Waals surface area (Å²) in [6, 6.07) is 14.9. The van der Waals surface area contributed by atoms with Crippen LogP contribution < -0.4 is 40.5 Å². The zero-order valence-corrected chi connectivity index (χ0v) is 22.1. The van der Waals surface area contributed by atoms with Crippen molar-refractivity contribution >= 4 is 10.8 Å². The highest BCUT2D eigenvalue weighted by molar-refractivity contribution is 5.91. The van der Waals surface area contributed by atoms with Gasteiger partial charge in [-0.3, -0.25) is 0 Å². The van der Waals surface area contributed by atoms with Gasteiger partial charge in [-0.05, 0) is 52.9 Å². The Labute approximate surface area is 223 Å². The molecule has 0 atom stereocenters. The van der Waals surface area contributed by atoms with Gasteiger partial charge in [0.15, 0.2) is 35.7 Å². The van der Waals surface area contributed by atoms with E-state index in [-0.39, 0.29) is 23.6 Å². The van der Waals surface area contributed by atoms with Crippen LogP contribution in [0.4, 0.5) is 13.2 Å². The molecule has 0 N–H and O–H groups in total. The van der Waals surface area contributed by atoms with Crippen LogP contribution in [0.5, 0.6) is 23.0 Å². The topological polar surface area (TPSA) is 40.8 Å². The second-order valence-corrected chi connectivity index (χ2v) is 8.55. The van der Waals surface area contributed by atoms with Crippen LogP contribution >= 0.6 is 0 Å². The first-order chi connectivity index (χ1) is 17.3. The van der Waals surface area contributed by atoms with Gasteiger partial charge in [-0.2, -0.15) is 17.7 Å². The van der Waals surface area contributed by atoms with Crippen LogP contribution in [0.1, 0.15) is 16.7 Å². The fourth-order valence-electron chi connectivity index (χ4n) is 4.59. The lowest BCUT2D eigenvalue weighted by molar-refractivity contribution is -0.686. The maximum absolute atomic E-state index is 12.9. The third-order valence-corrected chi connectivity index (χ3v) is 6.47. The Morgan fingerprint density at radius 3 is 2.16 bits per heavy atom. The maximum atomic E-state index is 12.9. The zero-order valence-electron chi connectivity index (χ0n) is 20.5. The predicted molar refractivity (Wildman–Crippen MR) is 129 cm³/mol. The SMILES string of the molecule is COc1cc2c(cc1OC)-c1cc3ccc(OC)c(OCc4ccc(C(F)(F)F)cc4)c3c[n+]1CC2.[Br-]. The molecule has 0 unspecified atom stereocenters. The number of hydrogen-bond donors (Lipinski definition) is 0. The Bertz CT molecular complexity index is 1440. The monoisotopic (exact) mass is 575 g/mol. The molecular weight excluding hydrogens is 551 g/mol. The number of nitrogens with zero attached hydrogens (tertiary/aromatic N) is 1. The number of pyridine rings is 1. The van der Waals surface area contributed by atoms with E-state index in [9.17, 15) is 13.2 Å². The van der Waals surface area contributed by atoms with E-state index in [1.807, 2.05) is 30.5 Å². The molecule has 1 aliphatic heterocycles. The zero-order chi connectivity index (χ0) is 25.4. The molecule has 5 rings (SSSR count). The lowest BCUT2D eigenvalue weighted by atomic mass is 9.95. The molecule has 37 heavy (non-hydrogen) atoms. The molecule has 4 aromatic rings. The van der Waals surface area contributed by atoms with Gasteiger partial charge in [-0.15, -0.1) is 0 Å². The van der Waals surface area contributed by atoms with Crippen molar-refractivity contribution < 1.29 is 53.7 Å². The Balaban J connectivity index is 0.00000320. The summed E-state index contributed by atoms with van der Waals surface area (Å²) in [5.74, 6) is 2.47. The van der Waals surface area contributed by atoms with Crippen molar-refractivity contribution in [2.24, 2.45) is 0 Å².